The summed E-state index contributed by atoms with van der Waals surface area (Å²) in [6.07, 6.45) is 8.45. The van der Waals surface area contributed by atoms with Crippen molar-refractivity contribution in [2.75, 3.05) is 0 Å². The molecule has 0 spiro atoms. The van der Waals surface area contributed by atoms with Crippen LogP contribution in [0.4, 0.5) is 0 Å². The molecule has 2 heterocycles. The van der Waals surface area contributed by atoms with E-state index in [1.165, 1.54) is 12.8 Å². The Hall–Kier alpha value is -2.24. The zero-order valence-electron chi connectivity index (χ0n) is 13.9. The van der Waals surface area contributed by atoms with Crippen molar-refractivity contribution in [1.82, 2.24) is 20.4 Å². The summed E-state index contributed by atoms with van der Waals surface area (Å²) in [4.78, 5) is 21.1. The van der Waals surface area contributed by atoms with Crippen LogP contribution in [0.2, 0.25) is 0 Å². The molecule has 2 aliphatic carbocycles. The summed E-state index contributed by atoms with van der Waals surface area (Å²) in [6, 6.07) is 3.65. The fourth-order valence-electron chi connectivity index (χ4n) is 3.30. The molecule has 0 aromatic carbocycles. The van der Waals surface area contributed by atoms with E-state index in [0.717, 1.165) is 36.9 Å². The molecular weight excluding hydrogens is 304 g/mol. The number of nitrogens with zero attached hydrogens (tertiary/aromatic N) is 3. The highest BCUT2D eigenvalue weighted by atomic mass is 16.5. The molecule has 2 aromatic heterocycles. The molecule has 4 rings (SSSR count). The molecule has 0 saturated heterocycles. The zero-order chi connectivity index (χ0) is 16.5. The number of nitrogens with one attached hydrogen (secondary N) is 1. The number of carbonyl (C=O) groups excluding carboxylic acids is 1. The molecule has 0 bridgehead atoms. The lowest BCUT2D eigenvalue weighted by Gasteiger charge is -2.13. The summed E-state index contributed by atoms with van der Waals surface area (Å²) >= 11 is 0. The average Bonchev–Trinajstić information content (AvgIpc) is 3.11. The van der Waals surface area contributed by atoms with E-state index in [2.05, 4.69) is 20.4 Å². The predicted molar refractivity (Wildman–Crippen MR) is 88.0 cm³/mol. The van der Waals surface area contributed by atoms with Crippen LogP contribution in [0, 0.1) is 5.92 Å². The average molecular weight is 326 g/mol. The van der Waals surface area contributed by atoms with Gasteiger partial charge in [0.15, 0.2) is 0 Å². The lowest BCUT2D eigenvalue weighted by atomic mass is 10.1. The van der Waals surface area contributed by atoms with Crippen LogP contribution in [0.3, 0.4) is 0 Å². The van der Waals surface area contributed by atoms with Crippen molar-refractivity contribution in [2.45, 2.75) is 57.4 Å². The van der Waals surface area contributed by atoms with Crippen LogP contribution in [0.15, 0.2) is 22.9 Å². The van der Waals surface area contributed by atoms with Gasteiger partial charge in [-0.15, -0.1) is 0 Å². The molecule has 1 unspecified atom stereocenters. The van der Waals surface area contributed by atoms with Gasteiger partial charge >= 0.3 is 0 Å². The summed E-state index contributed by atoms with van der Waals surface area (Å²) < 4.78 is 5.36. The van der Waals surface area contributed by atoms with E-state index in [9.17, 15) is 4.79 Å². The SMILES string of the molecule is CC(NC(=O)C1CCCC1)c1nc(-c2ccnc(C3CC3)c2)no1. The molecule has 2 aliphatic rings. The highest BCUT2D eigenvalue weighted by Crippen LogP contribution is 2.39. The molecule has 1 amide bonds. The van der Waals surface area contributed by atoms with Crippen molar-refractivity contribution in [3.8, 4) is 11.4 Å². The summed E-state index contributed by atoms with van der Waals surface area (Å²) in [5, 5.41) is 7.06. The van der Waals surface area contributed by atoms with E-state index in [-0.39, 0.29) is 17.9 Å². The fraction of sp³-hybridized carbons (Fsp3) is 0.556. The zero-order valence-corrected chi connectivity index (χ0v) is 13.9. The number of carbonyl (C=O) groups is 1. The van der Waals surface area contributed by atoms with Gasteiger partial charge < -0.3 is 9.84 Å². The largest absolute Gasteiger partial charge is 0.344 e. The summed E-state index contributed by atoms with van der Waals surface area (Å²) in [5.41, 5.74) is 2.01. The van der Waals surface area contributed by atoms with Gasteiger partial charge in [-0.3, -0.25) is 9.78 Å². The Kier molecular flexibility index (Phi) is 4.04. The molecule has 24 heavy (non-hydrogen) atoms. The van der Waals surface area contributed by atoms with Crippen molar-refractivity contribution >= 4 is 5.91 Å². The first kappa shape index (κ1) is 15.3. The number of amides is 1. The van der Waals surface area contributed by atoms with Gasteiger partial charge in [0.25, 0.3) is 0 Å². The highest BCUT2D eigenvalue weighted by Gasteiger charge is 2.27. The predicted octanol–water partition coefficient (Wildman–Crippen LogP) is 3.38. The first-order valence-corrected chi connectivity index (χ1v) is 8.81. The van der Waals surface area contributed by atoms with E-state index in [1.54, 1.807) is 6.20 Å². The molecule has 2 aromatic rings. The molecule has 2 saturated carbocycles. The van der Waals surface area contributed by atoms with Crippen molar-refractivity contribution in [3.05, 3.63) is 29.9 Å². The molecule has 6 nitrogen and oxygen atoms in total. The van der Waals surface area contributed by atoms with Gasteiger partial charge in [0, 0.05) is 29.3 Å². The van der Waals surface area contributed by atoms with E-state index >= 15 is 0 Å². The van der Waals surface area contributed by atoms with E-state index < -0.39 is 0 Å². The van der Waals surface area contributed by atoms with Crippen LogP contribution < -0.4 is 5.32 Å². The first-order chi connectivity index (χ1) is 11.7. The minimum atomic E-state index is -0.274. The molecule has 126 valence electrons. The third-order valence-corrected chi connectivity index (χ3v) is 4.93. The van der Waals surface area contributed by atoms with E-state index in [4.69, 9.17) is 4.52 Å². The maximum Gasteiger partial charge on any atom is 0.249 e. The van der Waals surface area contributed by atoms with Crippen LogP contribution in [-0.4, -0.2) is 21.0 Å². The minimum absolute atomic E-state index is 0.0969. The molecule has 0 aliphatic heterocycles. The van der Waals surface area contributed by atoms with Crippen LogP contribution in [0.25, 0.3) is 11.4 Å². The quantitative estimate of drug-likeness (QED) is 0.911. The molecule has 6 heteroatoms. The lowest BCUT2D eigenvalue weighted by Crippen LogP contribution is -2.31. The second-order valence-corrected chi connectivity index (χ2v) is 6.91. The normalized spacial score (nSPS) is 19.4. The number of aromatic nitrogens is 3. The molecule has 1 atom stereocenters. The number of pyridine rings is 1. The maximum absolute atomic E-state index is 12.2. The number of hydrogen-bond acceptors (Lipinski definition) is 5. The van der Waals surface area contributed by atoms with Gasteiger partial charge in [-0.05, 0) is 44.7 Å². The Balaban J connectivity index is 1.45. The molecule has 1 N–H and O–H groups in total. The minimum Gasteiger partial charge on any atom is -0.344 e. The smallest absolute Gasteiger partial charge is 0.249 e. The lowest BCUT2D eigenvalue weighted by molar-refractivity contribution is -0.125. The second kappa shape index (κ2) is 6.34. The molecular formula is C18H22N4O2. The Morgan fingerprint density at radius 2 is 2.08 bits per heavy atom. The van der Waals surface area contributed by atoms with Crippen molar-refractivity contribution in [1.29, 1.82) is 0 Å². The first-order valence-electron chi connectivity index (χ1n) is 8.81. The van der Waals surface area contributed by atoms with Crippen LogP contribution >= 0.6 is 0 Å². The van der Waals surface area contributed by atoms with Crippen molar-refractivity contribution in [3.63, 3.8) is 0 Å². The van der Waals surface area contributed by atoms with Crippen LogP contribution in [-0.2, 0) is 4.79 Å². The van der Waals surface area contributed by atoms with Gasteiger partial charge in [-0.1, -0.05) is 18.0 Å². The Bertz CT molecular complexity index is 732. The third-order valence-electron chi connectivity index (χ3n) is 4.93. The topological polar surface area (TPSA) is 80.9 Å². The Morgan fingerprint density at radius 3 is 2.83 bits per heavy atom. The van der Waals surface area contributed by atoms with Crippen LogP contribution in [0.5, 0.6) is 0 Å². The van der Waals surface area contributed by atoms with Crippen molar-refractivity contribution in [2.24, 2.45) is 5.92 Å². The maximum atomic E-state index is 12.2. The van der Waals surface area contributed by atoms with Crippen molar-refractivity contribution < 1.29 is 9.32 Å². The van der Waals surface area contributed by atoms with E-state index in [1.807, 2.05) is 19.1 Å². The summed E-state index contributed by atoms with van der Waals surface area (Å²) in [7, 11) is 0. The van der Waals surface area contributed by atoms with Gasteiger partial charge in [-0.2, -0.15) is 4.98 Å². The van der Waals surface area contributed by atoms with E-state index in [0.29, 0.717) is 17.6 Å². The monoisotopic (exact) mass is 326 g/mol. The van der Waals surface area contributed by atoms with Gasteiger partial charge in [0.2, 0.25) is 17.6 Å². The Labute approximate surface area is 141 Å². The summed E-state index contributed by atoms with van der Waals surface area (Å²) in [6.45, 7) is 1.88. The standard InChI is InChI=1S/C18H22N4O2/c1-11(20-17(23)13-4-2-3-5-13)18-21-16(22-24-18)14-8-9-19-15(10-14)12-6-7-12/h8-13H,2-7H2,1H3,(H,20,23). The van der Waals surface area contributed by atoms with Gasteiger partial charge in [0.1, 0.15) is 6.04 Å². The Morgan fingerprint density at radius 1 is 1.29 bits per heavy atom. The highest BCUT2D eigenvalue weighted by molar-refractivity contribution is 5.79. The molecule has 0 radical (unpaired) electrons. The second-order valence-electron chi connectivity index (χ2n) is 6.91. The fourth-order valence-corrected chi connectivity index (χ4v) is 3.30. The van der Waals surface area contributed by atoms with Crippen LogP contribution in [0.1, 0.15) is 69.0 Å². The summed E-state index contributed by atoms with van der Waals surface area (Å²) in [5.74, 6) is 1.81. The molecule has 2 fully saturated rings. The third kappa shape index (κ3) is 3.18. The number of rotatable bonds is 5. The van der Waals surface area contributed by atoms with Gasteiger partial charge in [-0.25, -0.2) is 0 Å². The number of hydrogen-bond donors (Lipinski definition) is 1. The van der Waals surface area contributed by atoms with Gasteiger partial charge in [0.05, 0.1) is 0 Å².